The van der Waals surface area contributed by atoms with Crippen molar-refractivity contribution in [3.63, 3.8) is 0 Å². The lowest BCUT2D eigenvalue weighted by Crippen LogP contribution is -2.44. The van der Waals surface area contributed by atoms with Crippen LogP contribution in [0.3, 0.4) is 0 Å². The highest BCUT2D eigenvalue weighted by molar-refractivity contribution is 5.01. The predicted molar refractivity (Wildman–Crippen MR) is 81.4 cm³/mol. The van der Waals surface area contributed by atoms with Crippen molar-refractivity contribution >= 4 is 0 Å². The Morgan fingerprint density at radius 1 is 1.10 bits per heavy atom. The number of aromatic nitrogens is 2. The summed E-state index contributed by atoms with van der Waals surface area (Å²) in [5.41, 5.74) is -0.330. The van der Waals surface area contributed by atoms with Crippen LogP contribution in [0.1, 0.15) is 32.0 Å². The third kappa shape index (κ3) is 4.03. The van der Waals surface area contributed by atoms with Gasteiger partial charge in [0.05, 0.1) is 13.2 Å². The molecular formula is C15H22N2O4. The van der Waals surface area contributed by atoms with Crippen LogP contribution in [0.25, 0.3) is 0 Å². The number of ether oxygens (including phenoxy) is 2. The normalized spacial score (nSPS) is 13.7. The maximum absolute atomic E-state index is 12.5. The molecule has 1 aromatic heterocycles. The zero-order valence-corrected chi connectivity index (χ0v) is 12.7. The van der Waals surface area contributed by atoms with Gasteiger partial charge in [0.15, 0.2) is 0 Å². The standard InChI is InChI=1S/C15H22N2O4/c1-6-8-20-12(4)16-11(3)10-14(18)17(15(16)19)13(5)21-9-7-2/h6-7,10,12-13H,1-2,8-9H2,3-5H3/t12-,13+/m0/s1. The third-order valence-electron chi connectivity index (χ3n) is 3.00. The summed E-state index contributed by atoms with van der Waals surface area (Å²) in [5, 5.41) is 0. The van der Waals surface area contributed by atoms with Crippen LogP contribution < -0.4 is 11.2 Å². The van der Waals surface area contributed by atoms with E-state index in [2.05, 4.69) is 13.2 Å². The Kier molecular flexibility index (Phi) is 6.33. The minimum Gasteiger partial charge on any atom is -0.354 e. The van der Waals surface area contributed by atoms with Crippen LogP contribution in [0.5, 0.6) is 0 Å². The van der Waals surface area contributed by atoms with E-state index >= 15 is 0 Å². The summed E-state index contributed by atoms with van der Waals surface area (Å²) in [6, 6.07) is 1.39. The van der Waals surface area contributed by atoms with E-state index in [1.165, 1.54) is 10.6 Å². The van der Waals surface area contributed by atoms with E-state index in [9.17, 15) is 9.59 Å². The second-order valence-electron chi connectivity index (χ2n) is 4.59. The van der Waals surface area contributed by atoms with Crippen molar-refractivity contribution in [2.75, 3.05) is 13.2 Å². The smallest absolute Gasteiger partial charge is 0.335 e. The molecule has 0 spiro atoms. The first-order valence-corrected chi connectivity index (χ1v) is 6.73. The Bertz CT molecular complexity index is 615. The molecule has 2 atom stereocenters. The Hall–Kier alpha value is -1.92. The number of aryl methyl sites for hydroxylation is 1. The first-order chi connectivity index (χ1) is 9.93. The van der Waals surface area contributed by atoms with Crippen LogP contribution >= 0.6 is 0 Å². The van der Waals surface area contributed by atoms with Gasteiger partial charge in [0.25, 0.3) is 5.56 Å². The summed E-state index contributed by atoms with van der Waals surface area (Å²) in [6.07, 6.45) is 1.97. The number of hydrogen-bond donors (Lipinski definition) is 0. The van der Waals surface area contributed by atoms with Crippen molar-refractivity contribution in [1.29, 1.82) is 0 Å². The Morgan fingerprint density at radius 2 is 1.57 bits per heavy atom. The molecule has 0 bridgehead atoms. The van der Waals surface area contributed by atoms with E-state index < -0.39 is 23.7 Å². The second kappa shape index (κ2) is 7.75. The molecule has 1 aromatic rings. The first-order valence-electron chi connectivity index (χ1n) is 6.73. The van der Waals surface area contributed by atoms with Crippen molar-refractivity contribution in [1.82, 2.24) is 9.13 Å². The molecule has 116 valence electrons. The van der Waals surface area contributed by atoms with Crippen molar-refractivity contribution in [3.05, 3.63) is 57.9 Å². The van der Waals surface area contributed by atoms with Crippen LogP contribution in [0.15, 0.2) is 41.0 Å². The van der Waals surface area contributed by atoms with Gasteiger partial charge in [-0.3, -0.25) is 9.36 Å². The lowest BCUT2D eigenvalue weighted by Gasteiger charge is -2.21. The highest BCUT2D eigenvalue weighted by atomic mass is 16.5. The van der Waals surface area contributed by atoms with Crippen molar-refractivity contribution < 1.29 is 9.47 Å². The summed E-state index contributed by atoms with van der Waals surface area (Å²) in [7, 11) is 0. The molecular weight excluding hydrogens is 272 g/mol. The topological polar surface area (TPSA) is 62.5 Å². The molecule has 0 fully saturated rings. The second-order valence-corrected chi connectivity index (χ2v) is 4.59. The van der Waals surface area contributed by atoms with E-state index in [0.717, 1.165) is 4.57 Å². The van der Waals surface area contributed by atoms with Gasteiger partial charge in [0.1, 0.15) is 12.5 Å². The van der Waals surface area contributed by atoms with Crippen molar-refractivity contribution in [2.45, 2.75) is 33.2 Å². The molecule has 0 aromatic carbocycles. The first kappa shape index (κ1) is 17.1. The fraction of sp³-hybridized carbons (Fsp3) is 0.467. The quantitative estimate of drug-likeness (QED) is 0.685. The molecule has 0 saturated heterocycles. The molecule has 0 N–H and O–H groups in total. The summed E-state index contributed by atoms with van der Waals surface area (Å²) < 4.78 is 13.3. The highest BCUT2D eigenvalue weighted by Crippen LogP contribution is 2.08. The minimum absolute atomic E-state index is 0.253. The summed E-state index contributed by atoms with van der Waals surface area (Å²) in [5.74, 6) is 0. The minimum atomic E-state index is -0.679. The fourth-order valence-electron chi connectivity index (χ4n) is 2.02. The molecule has 0 amide bonds. The van der Waals surface area contributed by atoms with Crippen LogP contribution in [0.4, 0.5) is 0 Å². The molecule has 0 aliphatic rings. The summed E-state index contributed by atoms with van der Waals surface area (Å²) in [4.78, 5) is 24.6. The molecule has 6 nitrogen and oxygen atoms in total. The van der Waals surface area contributed by atoms with Crippen LogP contribution in [0.2, 0.25) is 0 Å². The van der Waals surface area contributed by atoms with E-state index in [1.807, 2.05) is 0 Å². The molecule has 0 aliphatic carbocycles. The van der Waals surface area contributed by atoms with Gasteiger partial charge in [-0.15, -0.1) is 13.2 Å². The Labute approximate surface area is 123 Å². The Morgan fingerprint density at radius 3 is 2.05 bits per heavy atom. The summed E-state index contributed by atoms with van der Waals surface area (Å²) in [6.45, 7) is 12.7. The fourth-order valence-corrected chi connectivity index (χ4v) is 2.02. The summed E-state index contributed by atoms with van der Waals surface area (Å²) >= 11 is 0. The molecule has 0 aliphatic heterocycles. The molecule has 6 heteroatoms. The average Bonchev–Trinajstić information content (AvgIpc) is 2.42. The number of nitrogens with zero attached hydrogens (tertiary/aromatic N) is 2. The van der Waals surface area contributed by atoms with E-state index in [4.69, 9.17) is 9.47 Å². The van der Waals surface area contributed by atoms with Crippen LogP contribution in [-0.4, -0.2) is 22.3 Å². The maximum atomic E-state index is 12.5. The molecule has 1 heterocycles. The van der Waals surface area contributed by atoms with E-state index in [-0.39, 0.29) is 6.61 Å². The lowest BCUT2D eigenvalue weighted by atomic mass is 10.4. The van der Waals surface area contributed by atoms with E-state index in [1.54, 1.807) is 32.9 Å². The van der Waals surface area contributed by atoms with Gasteiger partial charge in [-0.25, -0.2) is 9.36 Å². The zero-order chi connectivity index (χ0) is 16.0. The molecule has 0 radical (unpaired) electrons. The average molecular weight is 294 g/mol. The van der Waals surface area contributed by atoms with Gasteiger partial charge in [-0.05, 0) is 20.8 Å². The number of rotatable bonds is 8. The molecule has 21 heavy (non-hydrogen) atoms. The number of hydrogen-bond acceptors (Lipinski definition) is 4. The SMILES string of the molecule is C=CCO[C@@H](C)n1c(C)cc(=O)n([C@@H](C)OCC=C)c1=O. The van der Waals surface area contributed by atoms with Gasteiger partial charge in [-0.1, -0.05) is 12.2 Å². The van der Waals surface area contributed by atoms with E-state index in [0.29, 0.717) is 12.3 Å². The Balaban J connectivity index is 3.28. The van der Waals surface area contributed by atoms with Gasteiger partial charge in [-0.2, -0.15) is 0 Å². The highest BCUT2D eigenvalue weighted by Gasteiger charge is 2.17. The molecule has 0 saturated carbocycles. The van der Waals surface area contributed by atoms with Crippen molar-refractivity contribution in [2.24, 2.45) is 0 Å². The molecule has 1 rings (SSSR count). The van der Waals surface area contributed by atoms with Gasteiger partial charge in [0.2, 0.25) is 0 Å². The monoisotopic (exact) mass is 294 g/mol. The predicted octanol–water partition coefficient (Wildman–Crippen LogP) is 1.76. The van der Waals surface area contributed by atoms with Gasteiger partial charge in [0, 0.05) is 11.8 Å². The zero-order valence-electron chi connectivity index (χ0n) is 12.7. The third-order valence-corrected chi connectivity index (χ3v) is 3.00. The van der Waals surface area contributed by atoms with Gasteiger partial charge < -0.3 is 9.47 Å². The van der Waals surface area contributed by atoms with Crippen molar-refractivity contribution in [3.8, 4) is 0 Å². The van der Waals surface area contributed by atoms with Crippen LogP contribution in [-0.2, 0) is 9.47 Å². The lowest BCUT2D eigenvalue weighted by molar-refractivity contribution is 0.0107. The van der Waals surface area contributed by atoms with Gasteiger partial charge >= 0.3 is 5.69 Å². The van der Waals surface area contributed by atoms with Crippen LogP contribution in [0, 0.1) is 6.92 Å². The maximum Gasteiger partial charge on any atom is 0.335 e. The molecule has 0 unspecified atom stereocenters. The largest absolute Gasteiger partial charge is 0.354 e.